The summed E-state index contributed by atoms with van der Waals surface area (Å²) in [6.07, 6.45) is 5.52. The van der Waals surface area contributed by atoms with Crippen molar-refractivity contribution in [3.63, 3.8) is 0 Å². The maximum atomic E-state index is 13.0. The highest BCUT2D eigenvalue weighted by Gasteiger charge is 2.42. The minimum absolute atomic E-state index is 0.0240. The molecule has 6 nitrogen and oxygen atoms in total. The number of carbonyl (C=O) groups is 3. The van der Waals surface area contributed by atoms with Crippen molar-refractivity contribution in [3.05, 3.63) is 70.3 Å². The Hall–Kier alpha value is -3.15. The van der Waals surface area contributed by atoms with Gasteiger partial charge in [0.05, 0.1) is 6.54 Å². The van der Waals surface area contributed by atoms with Crippen LogP contribution in [0.3, 0.4) is 0 Å². The first kappa shape index (κ1) is 24.5. The van der Waals surface area contributed by atoms with Crippen LogP contribution in [0.25, 0.3) is 0 Å². The number of hydrogen-bond donors (Lipinski definition) is 1. The predicted octanol–water partition coefficient (Wildman–Crippen LogP) is 3.68. The SMILES string of the molecule is Cc1ccc(C(=O)NCC(=O)N2CCC3(CCN(C(=O)CC4Cc5ccccc5C4)CC3)C2)cc1C. The molecule has 6 heteroatoms. The number of piperidine rings is 1. The zero-order valence-corrected chi connectivity index (χ0v) is 21.5. The Balaban J connectivity index is 1.07. The highest BCUT2D eigenvalue weighted by Crippen LogP contribution is 2.40. The smallest absolute Gasteiger partial charge is 0.251 e. The Morgan fingerprint density at radius 2 is 1.50 bits per heavy atom. The molecule has 2 fully saturated rings. The molecule has 2 aliphatic heterocycles. The van der Waals surface area contributed by atoms with Gasteiger partial charge in [-0.25, -0.2) is 0 Å². The average Bonchev–Trinajstić information content (AvgIpc) is 3.48. The second-order valence-corrected chi connectivity index (χ2v) is 11.2. The average molecular weight is 488 g/mol. The van der Waals surface area contributed by atoms with Crippen molar-refractivity contribution in [1.82, 2.24) is 15.1 Å². The van der Waals surface area contributed by atoms with E-state index in [1.807, 2.05) is 35.8 Å². The molecule has 0 saturated carbocycles. The number of benzene rings is 2. The summed E-state index contributed by atoms with van der Waals surface area (Å²) < 4.78 is 0. The van der Waals surface area contributed by atoms with E-state index in [0.717, 1.165) is 69.4 Å². The van der Waals surface area contributed by atoms with Gasteiger partial charge in [-0.3, -0.25) is 14.4 Å². The van der Waals surface area contributed by atoms with Gasteiger partial charge in [0.2, 0.25) is 11.8 Å². The summed E-state index contributed by atoms with van der Waals surface area (Å²) in [4.78, 5) is 42.3. The minimum atomic E-state index is -0.211. The fraction of sp³-hybridized carbons (Fsp3) is 0.500. The van der Waals surface area contributed by atoms with Crippen LogP contribution in [0, 0.1) is 25.2 Å². The lowest BCUT2D eigenvalue weighted by Gasteiger charge is -2.39. The third kappa shape index (κ3) is 5.18. The van der Waals surface area contributed by atoms with Gasteiger partial charge in [-0.05, 0) is 91.7 Å². The van der Waals surface area contributed by atoms with E-state index in [-0.39, 0.29) is 29.7 Å². The maximum absolute atomic E-state index is 13.0. The van der Waals surface area contributed by atoms with Crippen LogP contribution >= 0.6 is 0 Å². The summed E-state index contributed by atoms with van der Waals surface area (Å²) in [6, 6.07) is 14.1. The van der Waals surface area contributed by atoms with Crippen LogP contribution < -0.4 is 5.32 Å². The zero-order chi connectivity index (χ0) is 25.3. The van der Waals surface area contributed by atoms with Crippen molar-refractivity contribution < 1.29 is 14.4 Å². The van der Waals surface area contributed by atoms with Crippen molar-refractivity contribution in [2.24, 2.45) is 11.3 Å². The molecule has 1 N–H and O–H groups in total. The summed E-state index contributed by atoms with van der Waals surface area (Å²) in [5, 5.41) is 2.79. The molecule has 0 aromatic heterocycles. The quantitative estimate of drug-likeness (QED) is 0.700. The lowest BCUT2D eigenvalue weighted by Crippen LogP contribution is -2.46. The number of fused-ring (bicyclic) bond motifs is 1. The summed E-state index contributed by atoms with van der Waals surface area (Å²) in [5.41, 5.74) is 5.69. The number of hydrogen-bond acceptors (Lipinski definition) is 3. The maximum Gasteiger partial charge on any atom is 0.251 e. The Labute approximate surface area is 214 Å². The van der Waals surface area contributed by atoms with E-state index in [0.29, 0.717) is 17.9 Å². The van der Waals surface area contributed by atoms with Gasteiger partial charge in [0.15, 0.2) is 0 Å². The summed E-state index contributed by atoms with van der Waals surface area (Å²) >= 11 is 0. The number of nitrogens with one attached hydrogen (secondary N) is 1. The lowest BCUT2D eigenvalue weighted by atomic mass is 9.77. The van der Waals surface area contributed by atoms with Gasteiger partial charge < -0.3 is 15.1 Å². The van der Waals surface area contributed by atoms with Gasteiger partial charge in [0, 0.05) is 38.2 Å². The molecule has 0 atom stereocenters. The molecule has 3 amide bonds. The standard InChI is InChI=1S/C30H37N3O3/c1-21-7-8-26(15-22(21)2)29(36)31-19-28(35)33-14-11-30(20-33)9-12-32(13-10-30)27(34)18-23-16-24-5-3-4-6-25(24)17-23/h3-8,15,23H,9-14,16-20H2,1-2H3,(H,31,36). The fourth-order valence-corrected chi connectivity index (χ4v) is 6.21. The monoisotopic (exact) mass is 487 g/mol. The van der Waals surface area contributed by atoms with Gasteiger partial charge >= 0.3 is 0 Å². The molecule has 0 radical (unpaired) electrons. The van der Waals surface area contributed by atoms with Crippen LogP contribution in [0.4, 0.5) is 0 Å². The highest BCUT2D eigenvalue weighted by molar-refractivity contribution is 5.96. The minimum Gasteiger partial charge on any atom is -0.343 e. The number of carbonyl (C=O) groups excluding carboxylic acids is 3. The molecule has 0 unspecified atom stereocenters. The molecule has 1 aliphatic carbocycles. The second kappa shape index (κ2) is 10.1. The van der Waals surface area contributed by atoms with Crippen molar-refractivity contribution >= 4 is 17.7 Å². The van der Waals surface area contributed by atoms with Gasteiger partial charge in [0.1, 0.15) is 0 Å². The van der Waals surface area contributed by atoms with Crippen LogP contribution in [0.2, 0.25) is 0 Å². The molecule has 2 aromatic carbocycles. The molecule has 2 heterocycles. The molecular weight excluding hydrogens is 450 g/mol. The number of aryl methyl sites for hydroxylation is 2. The van der Waals surface area contributed by atoms with Gasteiger partial charge in [0.25, 0.3) is 5.91 Å². The van der Waals surface area contributed by atoms with Gasteiger partial charge in [-0.1, -0.05) is 30.3 Å². The molecule has 2 aromatic rings. The molecule has 3 aliphatic rings. The van der Waals surface area contributed by atoms with E-state index in [1.54, 1.807) is 6.07 Å². The van der Waals surface area contributed by atoms with E-state index in [9.17, 15) is 14.4 Å². The Bertz CT molecular complexity index is 1140. The van der Waals surface area contributed by atoms with E-state index in [2.05, 4.69) is 29.6 Å². The molecule has 36 heavy (non-hydrogen) atoms. The molecule has 190 valence electrons. The second-order valence-electron chi connectivity index (χ2n) is 11.2. The Morgan fingerprint density at radius 3 is 2.14 bits per heavy atom. The van der Waals surface area contributed by atoms with E-state index < -0.39 is 0 Å². The van der Waals surface area contributed by atoms with Crippen molar-refractivity contribution in [2.75, 3.05) is 32.7 Å². The third-order valence-electron chi connectivity index (χ3n) is 8.74. The molecule has 2 saturated heterocycles. The number of likely N-dealkylation sites (tertiary alicyclic amines) is 2. The van der Waals surface area contributed by atoms with Crippen molar-refractivity contribution in [2.45, 2.75) is 52.4 Å². The van der Waals surface area contributed by atoms with Crippen LogP contribution in [-0.4, -0.2) is 60.2 Å². The topological polar surface area (TPSA) is 69.7 Å². The third-order valence-corrected chi connectivity index (χ3v) is 8.74. The fourth-order valence-electron chi connectivity index (χ4n) is 6.21. The molecule has 1 spiro atoms. The Morgan fingerprint density at radius 1 is 0.861 bits per heavy atom. The number of amides is 3. The highest BCUT2D eigenvalue weighted by atomic mass is 16.2. The van der Waals surface area contributed by atoms with Gasteiger partial charge in [-0.15, -0.1) is 0 Å². The normalized spacial score (nSPS) is 18.9. The van der Waals surface area contributed by atoms with E-state index >= 15 is 0 Å². The molecular formula is C30H37N3O3. The van der Waals surface area contributed by atoms with Crippen LogP contribution in [0.5, 0.6) is 0 Å². The summed E-state index contributed by atoms with van der Waals surface area (Å²) in [7, 11) is 0. The van der Waals surface area contributed by atoms with Gasteiger partial charge in [-0.2, -0.15) is 0 Å². The van der Waals surface area contributed by atoms with E-state index in [4.69, 9.17) is 0 Å². The molecule has 5 rings (SSSR count). The number of rotatable bonds is 5. The summed E-state index contributed by atoms with van der Waals surface area (Å²) in [6.45, 7) is 7.04. The van der Waals surface area contributed by atoms with Crippen LogP contribution in [-0.2, 0) is 22.4 Å². The van der Waals surface area contributed by atoms with Crippen LogP contribution in [0.1, 0.15) is 58.3 Å². The van der Waals surface area contributed by atoms with Crippen molar-refractivity contribution in [1.29, 1.82) is 0 Å². The van der Waals surface area contributed by atoms with Crippen molar-refractivity contribution in [3.8, 4) is 0 Å². The molecule has 0 bridgehead atoms. The zero-order valence-electron chi connectivity index (χ0n) is 21.5. The predicted molar refractivity (Wildman–Crippen MR) is 140 cm³/mol. The van der Waals surface area contributed by atoms with Crippen LogP contribution in [0.15, 0.2) is 42.5 Å². The number of nitrogens with zero attached hydrogens (tertiary/aromatic N) is 2. The first-order valence-corrected chi connectivity index (χ1v) is 13.3. The van der Waals surface area contributed by atoms with E-state index in [1.165, 1.54) is 11.1 Å². The summed E-state index contributed by atoms with van der Waals surface area (Å²) in [5.74, 6) is 0.466. The lowest BCUT2D eigenvalue weighted by molar-refractivity contribution is -0.135. The first-order chi connectivity index (χ1) is 17.3. The first-order valence-electron chi connectivity index (χ1n) is 13.3. The largest absolute Gasteiger partial charge is 0.343 e. The Kier molecular flexibility index (Phi) is 6.87.